The first-order chi connectivity index (χ1) is 7.39. The highest BCUT2D eigenvalue weighted by Gasteiger charge is 2.24. The summed E-state index contributed by atoms with van der Waals surface area (Å²) < 4.78 is 3.19. The Hall–Kier alpha value is -0.800. The maximum atomic E-state index is 10.0. The lowest BCUT2D eigenvalue weighted by molar-refractivity contribution is 0.0322. The number of aromatic nitrogens is 1. The lowest BCUT2D eigenvalue weighted by Gasteiger charge is -2.28. The van der Waals surface area contributed by atoms with E-state index in [0.717, 1.165) is 9.99 Å². The van der Waals surface area contributed by atoms with Gasteiger partial charge >= 0.3 is 0 Å². The first-order valence-electron chi connectivity index (χ1n) is 5.38. The zero-order valence-corrected chi connectivity index (χ0v) is 11.3. The predicted molar refractivity (Wildman–Crippen MR) is 70.6 cm³/mol. The molecule has 0 bridgehead atoms. The summed E-state index contributed by atoms with van der Waals surface area (Å²) in [5.74, 6) is 0. The number of nitrogens with zero attached hydrogens (tertiary/aromatic N) is 1. The lowest BCUT2D eigenvalue weighted by Crippen LogP contribution is -2.30. The summed E-state index contributed by atoms with van der Waals surface area (Å²) in [6.45, 7) is 5.70. The van der Waals surface area contributed by atoms with E-state index in [-0.39, 0.29) is 6.04 Å². The molecule has 2 aromatic rings. The van der Waals surface area contributed by atoms with Crippen LogP contribution in [-0.2, 0) is 0 Å². The zero-order chi connectivity index (χ0) is 11.9. The van der Waals surface area contributed by atoms with E-state index in [0.29, 0.717) is 0 Å². The van der Waals surface area contributed by atoms with Crippen LogP contribution in [0, 0.1) is 0 Å². The number of rotatable bonds is 2. The molecule has 16 heavy (non-hydrogen) atoms. The van der Waals surface area contributed by atoms with Crippen LogP contribution in [0.25, 0.3) is 10.9 Å². The number of aliphatic hydroxyl groups is 1. The fourth-order valence-corrected chi connectivity index (χ4v) is 2.19. The number of halogens is 1. The van der Waals surface area contributed by atoms with Crippen LogP contribution in [0.3, 0.4) is 0 Å². The second-order valence-electron chi connectivity index (χ2n) is 4.76. The Morgan fingerprint density at radius 1 is 1.31 bits per heavy atom. The molecule has 1 atom stereocenters. The quantitative estimate of drug-likeness (QED) is 0.892. The van der Waals surface area contributed by atoms with E-state index in [1.165, 1.54) is 5.39 Å². The van der Waals surface area contributed by atoms with Crippen molar-refractivity contribution in [3.63, 3.8) is 0 Å². The molecule has 3 heteroatoms. The van der Waals surface area contributed by atoms with Crippen molar-refractivity contribution in [2.45, 2.75) is 32.4 Å². The molecule has 0 radical (unpaired) electrons. The van der Waals surface area contributed by atoms with Crippen LogP contribution in [0.5, 0.6) is 0 Å². The average Bonchev–Trinajstić information content (AvgIpc) is 2.57. The maximum absolute atomic E-state index is 10.0. The molecule has 0 spiro atoms. The summed E-state index contributed by atoms with van der Waals surface area (Å²) in [5, 5.41) is 11.2. The number of hydrogen-bond donors (Lipinski definition) is 1. The summed E-state index contributed by atoms with van der Waals surface area (Å²) in [6.07, 6.45) is 2.03. The number of benzene rings is 1. The van der Waals surface area contributed by atoms with Gasteiger partial charge in [0.1, 0.15) is 0 Å². The van der Waals surface area contributed by atoms with E-state index in [4.69, 9.17) is 0 Å². The van der Waals surface area contributed by atoms with Gasteiger partial charge in [0.05, 0.1) is 11.6 Å². The molecule has 0 fully saturated rings. The first-order valence-corrected chi connectivity index (χ1v) is 6.17. The van der Waals surface area contributed by atoms with Crippen molar-refractivity contribution in [3.8, 4) is 0 Å². The molecule has 86 valence electrons. The van der Waals surface area contributed by atoms with E-state index in [9.17, 15) is 5.11 Å². The standard InChI is InChI=1S/C13H16BrNO/c1-9(13(2,3)16)15-7-6-10-8-11(14)4-5-12(10)15/h4-9,16H,1-3H3. The third-order valence-electron chi connectivity index (χ3n) is 3.12. The summed E-state index contributed by atoms with van der Waals surface area (Å²) >= 11 is 3.46. The summed E-state index contributed by atoms with van der Waals surface area (Å²) in [4.78, 5) is 0. The van der Waals surface area contributed by atoms with E-state index < -0.39 is 5.60 Å². The Labute approximate surface area is 104 Å². The van der Waals surface area contributed by atoms with Crippen molar-refractivity contribution < 1.29 is 5.11 Å². The molecule has 2 nitrogen and oxygen atoms in total. The molecule has 0 saturated heterocycles. The largest absolute Gasteiger partial charge is 0.388 e. The lowest BCUT2D eigenvalue weighted by atomic mass is 10.0. The minimum Gasteiger partial charge on any atom is -0.388 e. The van der Waals surface area contributed by atoms with Crippen LogP contribution in [0.2, 0.25) is 0 Å². The average molecular weight is 282 g/mol. The molecule has 0 aliphatic heterocycles. The topological polar surface area (TPSA) is 25.2 Å². The van der Waals surface area contributed by atoms with Gasteiger partial charge in [0.2, 0.25) is 0 Å². The highest BCUT2D eigenvalue weighted by Crippen LogP contribution is 2.28. The van der Waals surface area contributed by atoms with Crippen molar-refractivity contribution in [1.29, 1.82) is 0 Å². The zero-order valence-electron chi connectivity index (χ0n) is 9.74. The van der Waals surface area contributed by atoms with Crippen molar-refractivity contribution >= 4 is 26.8 Å². The summed E-state index contributed by atoms with van der Waals surface area (Å²) in [5.41, 5.74) is 0.428. The van der Waals surface area contributed by atoms with Crippen molar-refractivity contribution in [2.75, 3.05) is 0 Å². The van der Waals surface area contributed by atoms with Crippen LogP contribution in [-0.4, -0.2) is 15.3 Å². The van der Waals surface area contributed by atoms with Gasteiger partial charge in [-0.15, -0.1) is 0 Å². The Morgan fingerprint density at radius 2 is 2.00 bits per heavy atom. The third-order valence-corrected chi connectivity index (χ3v) is 3.62. The molecule has 1 aromatic heterocycles. The predicted octanol–water partition coefficient (Wildman–Crippen LogP) is 3.74. The maximum Gasteiger partial charge on any atom is 0.0795 e. The van der Waals surface area contributed by atoms with Crippen LogP contribution < -0.4 is 0 Å². The molecule has 1 N–H and O–H groups in total. The van der Waals surface area contributed by atoms with E-state index in [1.54, 1.807) is 0 Å². The molecule has 0 aliphatic carbocycles. The highest BCUT2D eigenvalue weighted by molar-refractivity contribution is 9.10. The molecule has 1 aromatic carbocycles. The molecule has 1 unspecified atom stereocenters. The fraction of sp³-hybridized carbons (Fsp3) is 0.385. The van der Waals surface area contributed by atoms with Gasteiger partial charge in [-0.05, 0) is 45.0 Å². The second-order valence-corrected chi connectivity index (χ2v) is 5.67. The smallest absolute Gasteiger partial charge is 0.0795 e. The molecular weight excluding hydrogens is 266 g/mol. The molecule has 0 aliphatic rings. The van der Waals surface area contributed by atoms with Gasteiger partial charge in [0, 0.05) is 21.6 Å². The molecular formula is C13H16BrNO. The van der Waals surface area contributed by atoms with Crippen LogP contribution in [0.15, 0.2) is 34.9 Å². The SMILES string of the molecule is CC(n1ccc2cc(Br)ccc21)C(C)(C)O. The highest BCUT2D eigenvalue weighted by atomic mass is 79.9. The van der Waals surface area contributed by atoms with Gasteiger partial charge in [-0.1, -0.05) is 15.9 Å². The fourth-order valence-electron chi connectivity index (χ4n) is 1.81. The minimum absolute atomic E-state index is 0.0474. The van der Waals surface area contributed by atoms with Crippen molar-refractivity contribution in [2.24, 2.45) is 0 Å². The van der Waals surface area contributed by atoms with E-state index in [2.05, 4.69) is 38.7 Å². The van der Waals surface area contributed by atoms with E-state index >= 15 is 0 Å². The Morgan fingerprint density at radius 3 is 2.62 bits per heavy atom. The van der Waals surface area contributed by atoms with Crippen molar-refractivity contribution in [3.05, 3.63) is 34.9 Å². The second kappa shape index (κ2) is 3.90. The van der Waals surface area contributed by atoms with Crippen LogP contribution in [0.1, 0.15) is 26.8 Å². The number of hydrogen-bond acceptors (Lipinski definition) is 1. The third kappa shape index (κ3) is 2.02. The van der Waals surface area contributed by atoms with E-state index in [1.807, 2.05) is 33.0 Å². The molecule has 0 saturated carbocycles. The number of fused-ring (bicyclic) bond motifs is 1. The first kappa shape index (κ1) is 11.7. The normalized spacial score (nSPS) is 14.3. The Balaban J connectivity index is 2.54. The van der Waals surface area contributed by atoms with Gasteiger partial charge in [-0.3, -0.25) is 0 Å². The monoisotopic (exact) mass is 281 g/mol. The summed E-state index contributed by atoms with van der Waals surface area (Å²) in [6, 6.07) is 8.30. The van der Waals surface area contributed by atoms with Crippen LogP contribution in [0.4, 0.5) is 0 Å². The van der Waals surface area contributed by atoms with Gasteiger partial charge in [0.15, 0.2) is 0 Å². The van der Waals surface area contributed by atoms with Crippen molar-refractivity contribution in [1.82, 2.24) is 4.57 Å². The molecule has 2 rings (SSSR count). The van der Waals surface area contributed by atoms with Gasteiger partial charge < -0.3 is 9.67 Å². The summed E-state index contributed by atoms with van der Waals surface area (Å²) in [7, 11) is 0. The minimum atomic E-state index is -0.723. The Kier molecular flexibility index (Phi) is 2.84. The van der Waals surface area contributed by atoms with Crippen LogP contribution >= 0.6 is 15.9 Å². The Bertz CT molecular complexity index is 510. The molecule has 0 amide bonds. The van der Waals surface area contributed by atoms with Gasteiger partial charge in [-0.2, -0.15) is 0 Å². The van der Waals surface area contributed by atoms with Gasteiger partial charge in [-0.25, -0.2) is 0 Å². The van der Waals surface area contributed by atoms with Gasteiger partial charge in [0.25, 0.3) is 0 Å². The molecule has 1 heterocycles.